The van der Waals surface area contributed by atoms with Crippen LogP contribution in [0.1, 0.15) is 36.0 Å². The van der Waals surface area contributed by atoms with E-state index < -0.39 is 17.5 Å². The van der Waals surface area contributed by atoms with Crippen LogP contribution in [0.15, 0.2) is 12.1 Å². The molecule has 2 aliphatic heterocycles. The molecule has 2 bridgehead atoms. The zero-order valence-corrected chi connectivity index (χ0v) is 17.0. The highest BCUT2D eigenvalue weighted by Crippen LogP contribution is 2.40. The number of rotatable bonds is 6. The average molecular weight is 394 g/mol. The summed E-state index contributed by atoms with van der Waals surface area (Å²) in [6, 6.07) is 3.57. The summed E-state index contributed by atoms with van der Waals surface area (Å²) in [4.78, 5) is 27.0. The van der Waals surface area contributed by atoms with Crippen molar-refractivity contribution in [2.75, 3.05) is 35.5 Å². The molecule has 3 rings (SSSR count). The van der Waals surface area contributed by atoms with Crippen molar-refractivity contribution in [2.45, 2.75) is 43.4 Å². The molecule has 154 valence electrons. The van der Waals surface area contributed by atoms with Gasteiger partial charge in [0.1, 0.15) is 0 Å². The SMILES string of the molecule is COC(=O)C1(OC(=O)c2cc(OC)c(OC)c(OC)c2)C[C@H]2CC[C@@H](C1)[NH+]2C. The highest BCUT2D eigenvalue weighted by atomic mass is 16.6. The first kappa shape index (κ1) is 20.3. The molecule has 1 aromatic carbocycles. The largest absolute Gasteiger partial charge is 0.493 e. The Balaban J connectivity index is 1.92. The number of carbonyl (C=O) groups is 2. The second-order valence-electron chi connectivity index (χ2n) is 7.41. The van der Waals surface area contributed by atoms with E-state index >= 15 is 0 Å². The maximum Gasteiger partial charge on any atom is 0.350 e. The third kappa shape index (κ3) is 3.37. The van der Waals surface area contributed by atoms with E-state index in [2.05, 4.69) is 7.05 Å². The predicted octanol–water partition coefficient (Wildman–Crippen LogP) is 0.621. The normalized spacial score (nSPS) is 28.4. The summed E-state index contributed by atoms with van der Waals surface area (Å²) in [6.07, 6.45) is 2.93. The maximum absolute atomic E-state index is 13.0. The monoisotopic (exact) mass is 394 g/mol. The van der Waals surface area contributed by atoms with Crippen LogP contribution in [0.4, 0.5) is 0 Å². The number of benzene rings is 1. The minimum atomic E-state index is -1.27. The van der Waals surface area contributed by atoms with Gasteiger partial charge >= 0.3 is 11.9 Å². The molecule has 0 amide bonds. The number of piperidine rings is 1. The lowest BCUT2D eigenvalue weighted by atomic mass is 9.86. The van der Waals surface area contributed by atoms with E-state index in [4.69, 9.17) is 23.7 Å². The molecule has 2 heterocycles. The van der Waals surface area contributed by atoms with Gasteiger partial charge in [0.2, 0.25) is 11.4 Å². The molecule has 1 aromatic rings. The Labute approximate surface area is 164 Å². The van der Waals surface area contributed by atoms with Gasteiger partial charge in [-0.2, -0.15) is 0 Å². The molecule has 0 saturated carbocycles. The summed E-state index contributed by atoms with van der Waals surface area (Å²) in [6.45, 7) is 0. The highest BCUT2D eigenvalue weighted by Gasteiger charge is 2.57. The molecule has 2 unspecified atom stereocenters. The molecule has 8 heteroatoms. The molecule has 0 radical (unpaired) electrons. The van der Waals surface area contributed by atoms with Crippen LogP contribution in [-0.2, 0) is 14.3 Å². The number of ether oxygens (including phenoxy) is 5. The molecular formula is C20H28NO7+. The molecular weight excluding hydrogens is 366 g/mol. The van der Waals surface area contributed by atoms with Gasteiger partial charge in [0, 0.05) is 12.8 Å². The van der Waals surface area contributed by atoms with Crippen molar-refractivity contribution in [3.8, 4) is 17.2 Å². The van der Waals surface area contributed by atoms with Crippen LogP contribution >= 0.6 is 0 Å². The molecule has 4 atom stereocenters. The van der Waals surface area contributed by atoms with Gasteiger partial charge in [0.05, 0.1) is 66.0 Å². The summed E-state index contributed by atoms with van der Waals surface area (Å²) in [5.41, 5.74) is -1.05. The third-order valence-corrected chi connectivity index (χ3v) is 6.05. The second kappa shape index (κ2) is 7.87. The Morgan fingerprint density at radius 1 is 0.964 bits per heavy atom. The van der Waals surface area contributed by atoms with E-state index in [9.17, 15) is 9.59 Å². The fourth-order valence-corrected chi connectivity index (χ4v) is 4.51. The van der Waals surface area contributed by atoms with Crippen LogP contribution in [-0.4, -0.2) is 65.1 Å². The molecule has 2 saturated heterocycles. The summed E-state index contributed by atoms with van der Waals surface area (Å²) in [7, 11) is 7.88. The molecule has 1 N–H and O–H groups in total. The Morgan fingerprint density at radius 3 is 1.93 bits per heavy atom. The van der Waals surface area contributed by atoms with Crippen molar-refractivity contribution < 1.29 is 38.2 Å². The molecule has 0 aliphatic carbocycles. The van der Waals surface area contributed by atoms with E-state index in [0.29, 0.717) is 30.1 Å². The van der Waals surface area contributed by atoms with Gasteiger partial charge in [-0.3, -0.25) is 0 Å². The molecule has 8 nitrogen and oxygen atoms in total. The minimum Gasteiger partial charge on any atom is -0.493 e. The summed E-state index contributed by atoms with van der Waals surface area (Å²) < 4.78 is 26.8. The quantitative estimate of drug-likeness (QED) is 0.708. The number of hydrogen-bond donors (Lipinski definition) is 1. The Bertz CT molecular complexity index is 724. The standard InChI is InChI=1S/C20H27NO7/c1-21-13-6-7-14(21)11-20(10-13,19(23)27-5)28-18(22)12-8-15(24-2)17(26-4)16(9-12)25-3/h8-9,13-14H,6-7,10-11H2,1-5H3/p+1/t13-,14+,20?. The number of quaternary nitrogens is 1. The van der Waals surface area contributed by atoms with E-state index in [1.165, 1.54) is 45.5 Å². The lowest BCUT2D eigenvalue weighted by molar-refractivity contribution is -0.924. The van der Waals surface area contributed by atoms with E-state index in [0.717, 1.165) is 12.8 Å². The van der Waals surface area contributed by atoms with Crippen LogP contribution in [0.2, 0.25) is 0 Å². The first-order valence-corrected chi connectivity index (χ1v) is 9.34. The molecule has 28 heavy (non-hydrogen) atoms. The molecule has 2 fully saturated rings. The zero-order chi connectivity index (χ0) is 20.5. The zero-order valence-electron chi connectivity index (χ0n) is 17.0. The van der Waals surface area contributed by atoms with Gasteiger partial charge in [0.25, 0.3) is 0 Å². The van der Waals surface area contributed by atoms with Crippen LogP contribution in [0.25, 0.3) is 0 Å². The van der Waals surface area contributed by atoms with Gasteiger partial charge in [0.15, 0.2) is 11.5 Å². The van der Waals surface area contributed by atoms with Crippen molar-refractivity contribution in [3.63, 3.8) is 0 Å². The van der Waals surface area contributed by atoms with Crippen molar-refractivity contribution in [2.24, 2.45) is 0 Å². The van der Waals surface area contributed by atoms with Gasteiger partial charge in [-0.1, -0.05) is 0 Å². The predicted molar refractivity (Wildman–Crippen MR) is 99.2 cm³/mol. The van der Waals surface area contributed by atoms with E-state index in [1.54, 1.807) is 0 Å². The van der Waals surface area contributed by atoms with E-state index in [1.807, 2.05) is 0 Å². The fourth-order valence-electron chi connectivity index (χ4n) is 4.51. The number of esters is 2. The lowest BCUT2D eigenvalue weighted by Crippen LogP contribution is -3.16. The van der Waals surface area contributed by atoms with Crippen LogP contribution in [0.5, 0.6) is 17.2 Å². The number of methoxy groups -OCH3 is 4. The van der Waals surface area contributed by atoms with Crippen LogP contribution in [0.3, 0.4) is 0 Å². The first-order valence-electron chi connectivity index (χ1n) is 9.34. The van der Waals surface area contributed by atoms with Gasteiger partial charge < -0.3 is 28.6 Å². The number of nitrogens with one attached hydrogen (secondary N) is 1. The Kier molecular flexibility index (Phi) is 5.69. The first-order chi connectivity index (χ1) is 13.4. The maximum atomic E-state index is 13.0. The van der Waals surface area contributed by atoms with Gasteiger partial charge in [-0.05, 0) is 12.1 Å². The highest BCUT2D eigenvalue weighted by molar-refractivity contribution is 5.94. The number of fused-ring (bicyclic) bond motifs is 2. The van der Waals surface area contributed by atoms with Crippen molar-refractivity contribution in [1.82, 2.24) is 0 Å². The van der Waals surface area contributed by atoms with Crippen molar-refractivity contribution in [1.29, 1.82) is 0 Å². The summed E-state index contributed by atoms with van der Waals surface area (Å²) in [5.74, 6) is -0.0610. The summed E-state index contributed by atoms with van der Waals surface area (Å²) >= 11 is 0. The Hall–Kier alpha value is -2.48. The third-order valence-electron chi connectivity index (χ3n) is 6.05. The summed E-state index contributed by atoms with van der Waals surface area (Å²) in [5, 5.41) is 0. The Morgan fingerprint density at radius 2 is 1.50 bits per heavy atom. The second-order valence-corrected chi connectivity index (χ2v) is 7.41. The lowest BCUT2D eigenvalue weighted by Gasteiger charge is -2.40. The van der Waals surface area contributed by atoms with Gasteiger partial charge in [-0.25, -0.2) is 9.59 Å². The molecule has 0 aromatic heterocycles. The van der Waals surface area contributed by atoms with Crippen molar-refractivity contribution >= 4 is 11.9 Å². The molecule has 0 spiro atoms. The van der Waals surface area contributed by atoms with Crippen molar-refractivity contribution in [3.05, 3.63) is 17.7 Å². The van der Waals surface area contributed by atoms with Gasteiger partial charge in [-0.15, -0.1) is 0 Å². The topological polar surface area (TPSA) is 84.7 Å². The van der Waals surface area contributed by atoms with Crippen LogP contribution in [0, 0.1) is 0 Å². The minimum absolute atomic E-state index is 0.219. The van der Waals surface area contributed by atoms with E-state index in [-0.39, 0.29) is 17.6 Å². The fraction of sp³-hybridized carbons (Fsp3) is 0.600. The smallest absolute Gasteiger partial charge is 0.350 e. The average Bonchev–Trinajstić information content (AvgIpc) is 2.93. The molecule has 2 aliphatic rings. The number of hydrogen-bond acceptors (Lipinski definition) is 7. The van der Waals surface area contributed by atoms with Crippen LogP contribution < -0.4 is 19.1 Å². The number of carbonyl (C=O) groups excluding carboxylic acids is 2.